The molecule has 5 rings (SSSR count). The molecular weight excluding hydrogens is 500 g/mol. The van der Waals surface area contributed by atoms with Gasteiger partial charge in [0.15, 0.2) is 0 Å². The molecule has 8 heteroatoms. The monoisotopic (exact) mass is 531 g/mol. The van der Waals surface area contributed by atoms with Crippen molar-refractivity contribution in [3.63, 3.8) is 0 Å². The molecule has 0 bridgehead atoms. The van der Waals surface area contributed by atoms with E-state index < -0.39 is 5.41 Å². The maximum absolute atomic E-state index is 13.7. The number of carbonyl (C=O) groups is 3. The quantitative estimate of drug-likeness (QED) is 0.488. The van der Waals surface area contributed by atoms with E-state index in [1.165, 1.54) is 24.3 Å². The maximum Gasteiger partial charge on any atom is 0.253 e. The third-order valence-electron chi connectivity index (χ3n) is 7.85. The van der Waals surface area contributed by atoms with Crippen LogP contribution in [0, 0.1) is 11.6 Å². The Morgan fingerprint density at radius 1 is 0.795 bits per heavy atom. The molecule has 0 atom stereocenters. The summed E-state index contributed by atoms with van der Waals surface area (Å²) >= 11 is 0. The van der Waals surface area contributed by atoms with E-state index in [1.807, 2.05) is 12.1 Å². The maximum atomic E-state index is 13.7. The summed E-state index contributed by atoms with van der Waals surface area (Å²) in [6, 6.07) is 19.0. The molecule has 2 fully saturated rings. The first kappa shape index (κ1) is 26.5. The lowest BCUT2D eigenvalue weighted by atomic mass is 9.71. The number of hydrogen-bond acceptors (Lipinski definition) is 3. The Labute approximate surface area is 226 Å². The van der Waals surface area contributed by atoms with Crippen molar-refractivity contribution in [3.05, 3.63) is 101 Å². The van der Waals surface area contributed by atoms with Crippen LogP contribution in [0.4, 0.5) is 14.5 Å². The van der Waals surface area contributed by atoms with Gasteiger partial charge in [0.1, 0.15) is 11.6 Å². The summed E-state index contributed by atoms with van der Waals surface area (Å²) in [5.41, 5.74) is 1.86. The highest BCUT2D eigenvalue weighted by atomic mass is 19.1. The number of benzene rings is 3. The number of nitrogens with one attached hydrogen (secondary N) is 1. The summed E-state index contributed by atoms with van der Waals surface area (Å²) in [5.74, 6) is -0.972. The summed E-state index contributed by atoms with van der Waals surface area (Å²) in [4.78, 5) is 42.6. The van der Waals surface area contributed by atoms with Crippen molar-refractivity contribution >= 4 is 23.4 Å². The summed E-state index contributed by atoms with van der Waals surface area (Å²) in [7, 11) is 0. The Hall–Kier alpha value is -4.07. The van der Waals surface area contributed by atoms with Crippen LogP contribution in [0.15, 0.2) is 72.8 Å². The van der Waals surface area contributed by atoms with E-state index in [1.54, 1.807) is 46.2 Å². The molecule has 2 aliphatic rings. The number of likely N-dealkylation sites (tertiary alicyclic amines) is 1. The van der Waals surface area contributed by atoms with Gasteiger partial charge in [-0.15, -0.1) is 0 Å². The molecule has 0 unspecified atom stereocenters. The zero-order valence-corrected chi connectivity index (χ0v) is 21.7. The van der Waals surface area contributed by atoms with Gasteiger partial charge >= 0.3 is 0 Å². The van der Waals surface area contributed by atoms with Gasteiger partial charge in [-0.2, -0.15) is 0 Å². The van der Waals surface area contributed by atoms with Crippen LogP contribution in [0.3, 0.4) is 0 Å². The molecule has 3 aromatic carbocycles. The van der Waals surface area contributed by atoms with E-state index in [9.17, 15) is 23.2 Å². The summed E-state index contributed by atoms with van der Waals surface area (Å²) in [6.45, 7) is 1.63. The fourth-order valence-electron chi connectivity index (χ4n) is 5.51. The average Bonchev–Trinajstić information content (AvgIpc) is 2.97. The Morgan fingerprint density at radius 3 is 2.03 bits per heavy atom. The topological polar surface area (TPSA) is 69.7 Å². The molecule has 3 amide bonds. The number of anilines is 1. The average molecular weight is 532 g/mol. The summed E-state index contributed by atoms with van der Waals surface area (Å²) in [5, 5.41) is 2.97. The van der Waals surface area contributed by atoms with Crippen molar-refractivity contribution in [3.8, 4) is 0 Å². The zero-order valence-electron chi connectivity index (χ0n) is 21.7. The van der Waals surface area contributed by atoms with Crippen molar-refractivity contribution in [2.24, 2.45) is 0 Å². The van der Waals surface area contributed by atoms with Crippen molar-refractivity contribution in [2.45, 2.75) is 44.1 Å². The summed E-state index contributed by atoms with van der Waals surface area (Å²) < 4.78 is 27.0. The highest BCUT2D eigenvalue weighted by Crippen LogP contribution is 2.37. The summed E-state index contributed by atoms with van der Waals surface area (Å²) in [6.07, 6.45) is 3.17. The Morgan fingerprint density at radius 2 is 1.41 bits per heavy atom. The number of nitrogens with zero attached hydrogens (tertiary/aromatic N) is 2. The van der Waals surface area contributed by atoms with E-state index >= 15 is 0 Å². The van der Waals surface area contributed by atoms with Crippen LogP contribution < -0.4 is 10.2 Å². The molecule has 3 aromatic rings. The number of carbonyl (C=O) groups excluding carboxylic acids is 3. The molecule has 202 valence electrons. The number of piperidine rings is 2. The van der Waals surface area contributed by atoms with Crippen molar-refractivity contribution in [2.75, 3.05) is 24.5 Å². The molecule has 0 spiro atoms. The van der Waals surface area contributed by atoms with Crippen LogP contribution in [0.5, 0.6) is 0 Å². The Balaban J connectivity index is 1.29. The van der Waals surface area contributed by atoms with Crippen LogP contribution in [-0.2, 0) is 21.5 Å². The van der Waals surface area contributed by atoms with Crippen LogP contribution in [0.25, 0.3) is 0 Å². The molecule has 0 aliphatic carbocycles. The van der Waals surface area contributed by atoms with Crippen molar-refractivity contribution in [1.29, 1.82) is 0 Å². The highest BCUT2D eigenvalue weighted by Gasteiger charge is 2.43. The van der Waals surface area contributed by atoms with Gasteiger partial charge in [-0.05, 0) is 85.3 Å². The smallest absolute Gasteiger partial charge is 0.253 e. The molecule has 2 aliphatic heterocycles. The second kappa shape index (κ2) is 11.4. The molecule has 6 nitrogen and oxygen atoms in total. The molecule has 2 heterocycles. The minimum absolute atomic E-state index is 0.103. The lowest BCUT2D eigenvalue weighted by molar-refractivity contribution is -0.128. The van der Waals surface area contributed by atoms with Gasteiger partial charge in [0.25, 0.3) is 5.91 Å². The Kier molecular flexibility index (Phi) is 7.72. The van der Waals surface area contributed by atoms with Gasteiger partial charge in [-0.3, -0.25) is 14.4 Å². The normalized spacial score (nSPS) is 17.1. The van der Waals surface area contributed by atoms with Gasteiger partial charge in [0.2, 0.25) is 11.8 Å². The number of halogens is 2. The molecule has 0 aromatic heterocycles. The molecular formula is C31H31F2N3O3. The molecule has 39 heavy (non-hydrogen) atoms. The van der Waals surface area contributed by atoms with Gasteiger partial charge in [0, 0.05) is 43.9 Å². The van der Waals surface area contributed by atoms with Crippen molar-refractivity contribution < 1.29 is 23.2 Å². The van der Waals surface area contributed by atoms with Gasteiger partial charge in [-0.25, -0.2) is 8.78 Å². The van der Waals surface area contributed by atoms with Gasteiger partial charge in [0.05, 0.1) is 5.41 Å². The van der Waals surface area contributed by atoms with Crippen LogP contribution in [-0.4, -0.2) is 42.3 Å². The first-order valence-corrected chi connectivity index (χ1v) is 13.3. The van der Waals surface area contributed by atoms with Crippen molar-refractivity contribution in [1.82, 2.24) is 10.2 Å². The number of amides is 3. The fourth-order valence-corrected chi connectivity index (χ4v) is 5.51. The molecule has 0 radical (unpaired) electrons. The van der Waals surface area contributed by atoms with E-state index in [-0.39, 0.29) is 35.9 Å². The third-order valence-corrected chi connectivity index (χ3v) is 7.85. The Bertz CT molecular complexity index is 1330. The SMILES string of the molecule is O=C(c1ccc(N2CCCCC2=O)cc1)N1CCC(C(=O)NCc2ccc(F)cc2)(c2ccc(F)cc2)CC1. The third kappa shape index (κ3) is 5.70. The minimum Gasteiger partial charge on any atom is -0.351 e. The number of rotatable bonds is 6. The standard InChI is InChI=1S/C31H31F2N3O3/c32-25-10-4-22(5-11-25)21-34-30(39)31(24-8-12-26(33)13-9-24)16-19-35(20-17-31)29(38)23-6-14-27(15-7-23)36-18-2-1-3-28(36)37/h4-15H,1-3,16-21H2,(H,34,39). The van der Waals surface area contributed by atoms with E-state index in [4.69, 9.17) is 0 Å². The lowest BCUT2D eigenvalue weighted by Gasteiger charge is -2.41. The first-order chi connectivity index (χ1) is 18.9. The van der Waals surface area contributed by atoms with E-state index in [0.29, 0.717) is 50.0 Å². The number of hydrogen-bond donors (Lipinski definition) is 1. The van der Waals surface area contributed by atoms with E-state index in [0.717, 1.165) is 24.1 Å². The molecule has 2 saturated heterocycles. The van der Waals surface area contributed by atoms with E-state index in [2.05, 4.69) is 5.32 Å². The predicted octanol–water partition coefficient (Wildman–Crippen LogP) is 4.97. The largest absolute Gasteiger partial charge is 0.351 e. The highest BCUT2D eigenvalue weighted by molar-refractivity contribution is 5.97. The second-order valence-corrected chi connectivity index (χ2v) is 10.2. The second-order valence-electron chi connectivity index (χ2n) is 10.2. The fraction of sp³-hybridized carbons (Fsp3) is 0.323. The van der Waals surface area contributed by atoms with Crippen LogP contribution in [0.2, 0.25) is 0 Å². The van der Waals surface area contributed by atoms with Gasteiger partial charge < -0.3 is 15.1 Å². The minimum atomic E-state index is -0.928. The molecule has 0 saturated carbocycles. The lowest BCUT2D eigenvalue weighted by Crippen LogP contribution is -2.52. The van der Waals surface area contributed by atoms with Crippen LogP contribution in [0.1, 0.15) is 53.6 Å². The zero-order chi connectivity index (χ0) is 27.4. The molecule has 1 N–H and O–H groups in total. The predicted molar refractivity (Wildman–Crippen MR) is 144 cm³/mol. The van der Waals surface area contributed by atoms with Crippen LogP contribution >= 0.6 is 0 Å². The van der Waals surface area contributed by atoms with Gasteiger partial charge in [-0.1, -0.05) is 24.3 Å². The first-order valence-electron chi connectivity index (χ1n) is 13.3.